The van der Waals surface area contributed by atoms with E-state index in [1.807, 2.05) is 0 Å². The number of hydrogen-bond acceptors (Lipinski definition) is 3. The third-order valence-corrected chi connectivity index (χ3v) is 3.06. The fourth-order valence-electron chi connectivity index (χ4n) is 0.595. The SMILES string of the molecule is O=S(=O)(F)c1csc(C(F)(F)F)c1. The predicted octanol–water partition coefficient (Wildman–Crippen LogP) is 2.43. The van der Waals surface area contributed by atoms with Crippen LogP contribution in [0.15, 0.2) is 16.3 Å². The number of halogens is 4. The molecule has 1 aromatic rings. The molecule has 0 amide bonds. The van der Waals surface area contributed by atoms with Crippen molar-refractivity contribution >= 4 is 21.6 Å². The van der Waals surface area contributed by atoms with Gasteiger partial charge in [0.2, 0.25) is 0 Å². The maximum Gasteiger partial charge on any atom is 0.425 e. The molecule has 1 aromatic heterocycles. The summed E-state index contributed by atoms with van der Waals surface area (Å²) in [6.07, 6.45) is -4.63. The predicted molar refractivity (Wildman–Crippen MR) is 37.6 cm³/mol. The first-order valence-corrected chi connectivity index (χ1v) is 5.08. The Morgan fingerprint density at radius 3 is 2.08 bits per heavy atom. The highest BCUT2D eigenvalue weighted by atomic mass is 32.3. The van der Waals surface area contributed by atoms with Crippen molar-refractivity contribution in [3.8, 4) is 0 Å². The molecule has 0 saturated carbocycles. The first kappa shape index (κ1) is 10.5. The van der Waals surface area contributed by atoms with Crippen LogP contribution in [0.2, 0.25) is 0 Å². The molecule has 0 saturated heterocycles. The summed E-state index contributed by atoms with van der Waals surface area (Å²) in [5.74, 6) is 0. The molecule has 0 N–H and O–H groups in total. The van der Waals surface area contributed by atoms with Gasteiger partial charge < -0.3 is 0 Å². The van der Waals surface area contributed by atoms with E-state index < -0.39 is 26.2 Å². The standard InChI is InChI=1S/C5H2F4O2S2/c6-5(7,8)4-1-3(2-12-4)13(9,10)11/h1-2H. The van der Waals surface area contributed by atoms with Gasteiger partial charge in [-0.3, -0.25) is 0 Å². The first-order chi connectivity index (χ1) is 5.71. The van der Waals surface area contributed by atoms with Crippen LogP contribution in [0.5, 0.6) is 0 Å². The summed E-state index contributed by atoms with van der Waals surface area (Å²) < 4.78 is 68.1. The van der Waals surface area contributed by atoms with Crippen LogP contribution < -0.4 is 0 Å². The van der Waals surface area contributed by atoms with Crippen LogP contribution in [0.3, 0.4) is 0 Å². The molecule has 1 heterocycles. The van der Waals surface area contributed by atoms with Gasteiger partial charge in [0.05, 0.1) is 0 Å². The van der Waals surface area contributed by atoms with Crippen LogP contribution in [0.4, 0.5) is 17.1 Å². The van der Waals surface area contributed by atoms with Gasteiger partial charge in [0.15, 0.2) is 0 Å². The third kappa shape index (κ3) is 2.41. The van der Waals surface area contributed by atoms with Gasteiger partial charge in [-0.2, -0.15) is 21.6 Å². The minimum atomic E-state index is -5.03. The maximum atomic E-state index is 12.1. The summed E-state index contributed by atoms with van der Waals surface area (Å²) >= 11 is 0.139. The zero-order valence-electron chi connectivity index (χ0n) is 5.80. The van der Waals surface area contributed by atoms with Gasteiger partial charge in [0.1, 0.15) is 9.77 Å². The molecule has 8 heteroatoms. The smallest absolute Gasteiger partial charge is 0.189 e. The lowest BCUT2D eigenvalue weighted by Gasteiger charge is -1.99. The molecule has 0 fully saturated rings. The van der Waals surface area contributed by atoms with Crippen molar-refractivity contribution < 1.29 is 25.5 Å². The van der Waals surface area contributed by atoms with Crippen molar-refractivity contribution in [1.29, 1.82) is 0 Å². The Bertz CT molecular complexity index is 402. The Labute approximate surface area is 75.0 Å². The summed E-state index contributed by atoms with van der Waals surface area (Å²) in [4.78, 5) is -2.09. The van der Waals surface area contributed by atoms with Crippen molar-refractivity contribution in [2.24, 2.45) is 0 Å². The van der Waals surface area contributed by atoms with Gasteiger partial charge in [0, 0.05) is 5.38 Å². The molecule has 0 aliphatic heterocycles. The molecule has 0 unspecified atom stereocenters. The zero-order chi connectivity index (χ0) is 10.3. The molecule has 2 nitrogen and oxygen atoms in total. The van der Waals surface area contributed by atoms with Gasteiger partial charge in [-0.05, 0) is 6.07 Å². The van der Waals surface area contributed by atoms with Crippen molar-refractivity contribution in [2.45, 2.75) is 11.1 Å². The number of alkyl halides is 3. The summed E-state index contributed by atoms with van der Waals surface area (Å²) in [5.41, 5.74) is 0. The number of thiophene rings is 1. The number of hydrogen-bond donors (Lipinski definition) is 0. The minimum absolute atomic E-state index is 0.139. The highest BCUT2D eigenvalue weighted by Gasteiger charge is 2.33. The van der Waals surface area contributed by atoms with Gasteiger partial charge in [0.25, 0.3) is 0 Å². The lowest BCUT2D eigenvalue weighted by atomic mass is 10.5. The summed E-state index contributed by atoms with van der Waals surface area (Å²) in [6.45, 7) is 0. The van der Waals surface area contributed by atoms with E-state index in [1.165, 1.54) is 0 Å². The van der Waals surface area contributed by atoms with Crippen LogP contribution >= 0.6 is 11.3 Å². The highest BCUT2D eigenvalue weighted by molar-refractivity contribution is 7.86. The normalized spacial score (nSPS) is 13.2. The molecular weight excluding hydrogens is 232 g/mol. The van der Waals surface area contributed by atoms with Crippen LogP contribution in [0, 0.1) is 0 Å². The Balaban J connectivity index is 3.16. The van der Waals surface area contributed by atoms with Crippen LogP contribution in [0.25, 0.3) is 0 Å². The molecule has 0 aliphatic carbocycles. The topological polar surface area (TPSA) is 34.1 Å². The zero-order valence-corrected chi connectivity index (χ0v) is 7.43. The quantitative estimate of drug-likeness (QED) is 0.552. The van der Waals surface area contributed by atoms with Crippen molar-refractivity contribution in [1.82, 2.24) is 0 Å². The molecule has 13 heavy (non-hydrogen) atoms. The van der Waals surface area contributed by atoms with Crippen molar-refractivity contribution in [2.75, 3.05) is 0 Å². The average Bonchev–Trinajstić information content (AvgIpc) is 2.28. The highest BCUT2D eigenvalue weighted by Crippen LogP contribution is 2.35. The second-order valence-electron chi connectivity index (χ2n) is 2.08. The molecule has 74 valence electrons. The lowest BCUT2D eigenvalue weighted by Crippen LogP contribution is -2.01. The van der Waals surface area contributed by atoms with E-state index >= 15 is 0 Å². The fraction of sp³-hybridized carbons (Fsp3) is 0.200. The van der Waals surface area contributed by atoms with E-state index in [9.17, 15) is 25.5 Å². The van der Waals surface area contributed by atoms with Crippen LogP contribution in [0.1, 0.15) is 4.88 Å². The molecule has 1 rings (SSSR count). The molecule has 0 bridgehead atoms. The van der Waals surface area contributed by atoms with Crippen molar-refractivity contribution in [3.05, 3.63) is 16.3 Å². The van der Waals surface area contributed by atoms with Crippen LogP contribution in [-0.4, -0.2) is 8.42 Å². The van der Waals surface area contributed by atoms with E-state index in [0.29, 0.717) is 5.38 Å². The third-order valence-electron chi connectivity index (χ3n) is 1.14. The van der Waals surface area contributed by atoms with Gasteiger partial charge in [-0.15, -0.1) is 15.2 Å². The summed E-state index contributed by atoms with van der Waals surface area (Å²) in [7, 11) is -5.03. The summed E-state index contributed by atoms with van der Waals surface area (Å²) in [6, 6.07) is 0.264. The number of rotatable bonds is 1. The Morgan fingerprint density at radius 1 is 1.31 bits per heavy atom. The average molecular weight is 234 g/mol. The van der Waals surface area contributed by atoms with E-state index in [1.54, 1.807) is 0 Å². The van der Waals surface area contributed by atoms with Crippen LogP contribution in [-0.2, 0) is 16.4 Å². The molecule has 0 atom stereocenters. The largest absolute Gasteiger partial charge is 0.425 e. The summed E-state index contributed by atoms with van der Waals surface area (Å²) in [5, 5.41) is 0.609. The van der Waals surface area contributed by atoms with Gasteiger partial charge in [-0.25, -0.2) is 0 Å². The first-order valence-electron chi connectivity index (χ1n) is 2.81. The lowest BCUT2D eigenvalue weighted by molar-refractivity contribution is -0.134. The molecular formula is C5H2F4O2S2. The van der Waals surface area contributed by atoms with E-state index in [0.717, 1.165) is 0 Å². The van der Waals surface area contributed by atoms with Gasteiger partial charge >= 0.3 is 16.4 Å². The molecule has 0 aliphatic rings. The Hall–Kier alpha value is -0.630. The molecule has 0 radical (unpaired) electrons. The molecule has 0 spiro atoms. The Kier molecular flexibility index (Phi) is 2.37. The second-order valence-corrected chi connectivity index (χ2v) is 4.34. The van der Waals surface area contributed by atoms with Crippen molar-refractivity contribution in [3.63, 3.8) is 0 Å². The van der Waals surface area contributed by atoms with Gasteiger partial charge in [-0.1, -0.05) is 0 Å². The Morgan fingerprint density at radius 2 is 1.85 bits per heavy atom. The molecule has 0 aromatic carbocycles. The minimum Gasteiger partial charge on any atom is -0.189 e. The van der Waals surface area contributed by atoms with E-state index in [-0.39, 0.29) is 17.4 Å². The second kappa shape index (κ2) is 2.95. The fourth-order valence-corrected chi connectivity index (χ4v) is 2.17. The maximum absolute atomic E-state index is 12.1. The monoisotopic (exact) mass is 234 g/mol. The van der Waals surface area contributed by atoms with E-state index in [2.05, 4.69) is 0 Å². The van der Waals surface area contributed by atoms with E-state index in [4.69, 9.17) is 0 Å².